The normalized spacial score (nSPS) is 17.0. The molecule has 5 nitrogen and oxygen atoms in total. The molecule has 1 aromatic carbocycles. The van der Waals surface area contributed by atoms with Crippen molar-refractivity contribution in [1.29, 1.82) is 0 Å². The highest BCUT2D eigenvalue weighted by Gasteiger charge is 2.28. The van der Waals surface area contributed by atoms with Crippen LogP contribution in [0.25, 0.3) is 0 Å². The van der Waals surface area contributed by atoms with E-state index in [1.807, 2.05) is 18.6 Å². The summed E-state index contributed by atoms with van der Waals surface area (Å²) >= 11 is 0. The van der Waals surface area contributed by atoms with Crippen LogP contribution in [0.2, 0.25) is 0 Å². The second-order valence-corrected chi connectivity index (χ2v) is 5.46. The Morgan fingerprint density at radius 1 is 1.38 bits per heavy atom. The average molecular weight is 285 g/mol. The molecule has 1 aromatic heterocycles. The van der Waals surface area contributed by atoms with Gasteiger partial charge in [-0.1, -0.05) is 18.2 Å². The molecule has 1 aliphatic heterocycles. The monoisotopic (exact) mass is 285 g/mol. The van der Waals surface area contributed by atoms with Crippen LogP contribution in [-0.2, 0) is 11.3 Å². The van der Waals surface area contributed by atoms with Crippen molar-refractivity contribution in [2.45, 2.75) is 25.3 Å². The summed E-state index contributed by atoms with van der Waals surface area (Å²) in [5.41, 5.74) is 2.59. The first-order chi connectivity index (χ1) is 10.2. The maximum Gasteiger partial charge on any atom is 0.303 e. The largest absolute Gasteiger partial charge is 0.481 e. The van der Waals surface area contributed by atoms with E-state index in [0.717, 1.165) is 19.6 Å². The third-order valence-electron chi connectivity index (χ3n) is 3.97. The van der Waals surface area contributed by atoms with Gasteiger partial charge in [0.05, 0.1) is 6.33 Å². The Morgan fingerprint density at radius 2 is 2.24 bits per heavy atom. The number of para-hydroxylation sites is 1. The highest BCUT2D eigenvalue weighted by molar-refractivity contribution is 5.67. The van der Waals surface area contributed by atoms with Gasteiger partial charge in [-0.2, -0.15) is 0 Å². The molecule has 1 atom stereocenters. The lowest BCUT2D eigenvalue weighted by molar-refractivity contribution is -0.137. The highest BCUT2D eigenvalue weighted by atomic mass is 16.4. The number of imidazole rings is 1. The molecule has 0 saturated carbocycles. The topological polar surface area (TPSA) is 58.4 Å². The summed E-state index contributed by atoms with van der Waals surface area (Å²) < 4.78 is 2.10. The average Bonchev–Trinajstić information content (AvgIpc) is 3.09. The molecular weight excluding hydrogens is 266 g/mol. The summed E-state index contributed by atoms with van der Waals surface area (Å²) in [5.74, 6) is -0.294. The van der Waals surface area contributed by atoms with E-state index in [0.29, 0.717) is 12.3 Å². The van der Waals surface area contributed by atoms with Gasteiger partial charge in [0.25, 0.3) is 0 Å². The SMILES string of the molecule is O=C(O)CCCN1CC(Cn2ccnc2)c2ccccc21. The molecule has 0 saturated heterocycles. The number of fused-ring (bicyclic) bond motifs is 1. The van der Waals surface area contributed by atoms with Gasteiger partial charge in [-0.25, -0.2) is 4.98 Å². The second-order valence-electron chi connectivity index (χ2n) is 5.46. The standard InChI is InChI=1S/C16H19N3O2/c20-16(21)6-3-8-19-11-13(10-18-9-7-17-12-18)14-4-1-2-5-15(14)19/h1-2,4-5,7,9,12-13H,3,6,8,10-11H2,(H,20,21). The molecule has 0 bridgehead atoms. The van der Waals surface area contributed by atoms with Crippen molar-refractivity contribution in [3.05, 3.63) is 48.5 Å². The van der Waals surface area contributed by atoms with Gasteiger partial charge in [-0.15, -0.1) is 0 Å². The van der Waals surface area contributed by atoms with Gasteiger partial charge < -0.3 is 14.6 Å². The van der Waals surface area contributed by atoms with Crippen LogP contribution in [-0.4, -0.2) is 33.7 Å². The van der Waals surface area contributed by atoms with Crippen LogP contribution in [0.4, 0.5) is 5.69 Å². The number of rotatable bonds is 6. The zero-order chi connectivity index (χ0) is 14.7. The molecule has 0 spiro atoms. The van der Waals surface area contributed by atoms with Crippen molar-refractivity contribution in [2.24, 2.45) is 0 Å². The molecule has 5 heteroatoms. The Morgan fingerprint density at radius 3 is 3.00 bits per heavy atom. The Balaban J connectivity index is 1.71. The van der Waals surface area contributed by atoms with Gasteiger partial charge in [-0.05, 0) is 18.1 Å². The molecule has 1 N–H and O–H groups in total. The predicted molar refractivity (Wildman–Crippen MR) is 80.5 cm³/mol. The number of carboxylic acid groups (broad SMARTS) is 1. The van der Waals surface area contributed by atoms with Gasteiger partial charge in [0.2, 0.25) is 0 Å². The number of carboxylic acids is 1. The number of aromatic nitrogens is 2. The summed E-state index contributed by atoms with van der Waals surface area (Å²) in [6.07, 6.45) is 6.53. The molecule has 1 aliphatic rings. The quantitative estimate of drug-likeness (QED) is 0.885. The summed E-state index contributed by atoms with van der Waals surface area (Å²) in [4.78, 5) is 17.1. The van der Waals surface area contributed by atoms with E-state index >= 15 is 0 Å². The zero-order valence-electron chi connectivity index (χ0n) is 11.9. The summed E-state index contributed by atoms with van der Waals surface area (Å²) in [6, 6.07) is 8.42. The van der Waals surface area contributed by atoms with Crippen molar-refractivity contribution in [2.75, 3.05) is 18.0 Å². The second kappa shape index (κ2) is 5.99. The van der Waals surface area contributed by atoms with E-state index in [4.69, 9.17) is 5.11 Å². The van der Waals surface area contributed by atoms with E-state index in [1.165, 1.54) is 11.3 Å². The number of carbonyl (C=O) groups is 1. The fourth-order valence-electron chi connectivity index (χ4n) is 3.02. The summed E-state index contributed by atoms with van der Waals surface area (Å²) in [7, 11) is 0. The number of benzene rings is 1. The minimum absolute atomic E-state index is 0.227. The Labute approximate surface area is 123 Å². The number of anilines is 1. The van der Waals surface area contributed by atoms with Crippen molar-refractivity contribution >= 4 is 11.7 Å². The fourth-order valence-corrected chi connectivity index (χ4v) is 3.02. The lowest BCUT2D eigenvalue weighted by atomic mass is 10.0. The van der Waals surface area contributed by atoms with Crippen LogP contribution in [0.1, 0.15) is 24.3 Å². The van der Waals surface area contributed by atoms with Crippen LogP contribution in [0.15, 0.2) is 43.0 Å². The van der Waals surface area contributed by atoms with Crippen LogP contribution >= 0.6 is 0 Å². The first-order valence-electron chi connectivity index (χ1n) is 7.25. The minimum atomic E-state index is -0.725. The van der Waals surface area contributed by atoms with Crippen LogP contribution in [0.5, 0.6) is 0 Å². The van der Waals surface area contributed by atoms with Crippen molar-refractivity contribution in [1.82, 2.24) is 9.55 Å². The van der Waals surface area contributed by atoms with Crippen molar-refractivity contribution in [3.8, 4) is 0 Å². The number of nitrogens with zero attached hydrogens (tertiary/aromatic N) is 3. The maximum atomic E-state index is 10.7. The molecule has 3 rings (SSSR count). The van der Waals surface area contributed by atoms with E-state index in [2.05, 4.69) is 32.7 Å². The first-order valence-corrected chi connectivity index (χ1v) is 7.25. The molecule has 0 radical (unpaired) electrons. The molecule has 0 amide bonds. The smallest absolute Gasteiger partial charge is 0.303 e. The molecule has 21 heavy (non-hydrogen) atoms. The number of hydrogen-bond donors (Lipinski definition) is 1. The van der Waals surface area contributed by atoms with E-state index in [9.17, 15) is 4.79 Å². The van der Waals surface area contributed by atoms with Crippen LogP contribution in [0, 0.1) is 0 Å². The van der Waals surface area contributed by atoms with Crippen molar-refractivity contribution < 1.29 is 9.90 Å². The number of aliphatic carboxylic acids is 1. The molecule has 1 unspecified atom stereocenters. The third-order valence-corrected chi connectivity index (χ3v) is 3.97. The van der Waals surface area contributed by atoms with Gasteiger partial charge in [0, 0.05) is 50.1 Å². The van der Waals surface area contributed by atoms with Gasteiger partial charge in [-0.3, -0.25) is 4.79 Å². The van der Waals surface area contributed by atoms with Gasteiger partial charge in [0.15, 0.2) is 0 Å². The van der Waals surface area contributed by atoms with Crippen LogP contribution in [0.3, 0.4) is 0 Å². The molecule has 2 heterocycles. The molecule has 0 aliphatic carbocycles. The fraction of sp³-hybridized carbons (Fsp3) is 0.375. The molecular formula is C16H19N3O2. The van der Waals surface area contributed by atoms with E-state index in [1.54, 1.807) is 6.20 Å². The van der Waals surface area contributed by atoms with Gasteiger partial charge in [0.1, 0.15) is 0 Å². The predicted octanol–water partition coefficient (Wildman–Crippen LogP) is 2.35. The Hall–Kier alpha value is -2.30. The molecule has 110 valence electrons. The minimum Gasteiger partial charge on any atom is -0.481 e. The zero-order valence-corrected chi connectivity index (χ0v) is 11.9. The van der Waals surface area contributed by atoms with E-state index < -0.39 is 5.97 Å². The van der Waals surface area contributed by atoms with Crippen molar-refractivity contribution in [3.63, 3.8) is 0 Å². The summed E-state index contributed by atoms with van der Waals surface area (Å²) in [5, 5.41) is 8.78. The molecule has 0 fully saturated rings. The lowest BCUT2D eigenvalue weighted by Crippen LogP contribution is -2.24. The third kappa shape index (κ3) is 3.07. The van der Waals surface area contributed by atoms with E-state index in [-0.39, 0.29) is 6.42 Å². The summed E-state index contributed by atoms with van der Waals surface area (Å²) in [6.45, 7) is 2.65. The Bertz CT molecular complexity index is 610. The Kier molecular flexibility index (Phi) is 3.90. The highest BCUT2D eigenvalue weighted by Crippen LogP contribution is 2.36. The lowest BCUT2D eigenvalue weighted by Gasteiger charge is -2.19. The van der Waals surface area contributed by atoms with Gasteiger partial charge >= 0.3 is 5.97 Å². The first kappa shape index (κ1) is 13.7. The number of hydrogen-bond acceptors (Lipinski definition) is 3. The molecule has 2 aromatic rings. The van der Waals surface area contributed by atoms with Crippen LogP contribution < -0.4 is 4.90 Å². The maximum absolute atomic E-state index is 10.7.